The summed E-state index contributed by atoms with van der Waals surface area (Å²) in [4.78, 5) is 0. The Morgan fingerprint density at radius 3 is 2.58 bits per heavy atom. The van der Waals surface area contributed by atoms with Crippen LogP contribution < -0.4 is 10.0 Å². The highest BCUT2D eigenvalue weighted by molar-refractivity contribution is 7.93. The lowest BCUT2D eigenvalue weighted by atomic mass is 9.90. The normalized spacial score (nSPS) is 17.6. The lowest BCUT2D eigenvalue weighted by Crippen LogP contribution is -2.26. The van der Waals surface area contributed by atoms with Gasteiger partial charge in [-0.1, -0.05) is 12.1 Å². The van der Waals surface area contributed by atoms with Crippen molar-refractivity contribution in [2.45, 2.75) is 37.9 Å². The Bertz CT molecular complexity index is 520. The van der Waals surface area contributed by atoms with E-state index in [4.69, 9.17) is 0 Å². The molecule has 0 atom stereocenters. The summed E-state index contributed by atoms with van der Waals surface area (Å²) in [5.74, 6) is 0.532. The Morgan fingerprint density at radius 2 is 1.95 bits per heavy atom. The maximum Gasteiger partial charge on any atom is 0.235 e. The average Bonchev–Trinajstić information content (AvgIpc) is 2.39. The highest BCUT2D eigenvalue weighted by Gasteiger charge is 2.18. The maximum atomic E-state index is 11.9. The van der Waals surface area contributed by atoms with Gasteiger partial charge in [-0.15, -0.1) is 0 Å². The molecule has 0 radical (unpaired) electrons. The monoisotopic (exact) mass is 282 g/mol. The largest absolute Gasteiger partial charge is 0.317 e. The number of benzene rings is 1. The molecule has 0 amide bonds. The lowest BCUT2D eigenvalue weighted by molar-refractivity contribution is 0.460. The molecule has 1 aliphatic rings. The van der Waals surface area contributed by atoms with Gasteiger partial charge in [-0.2, -0.15) is 0 Å². The van der Waals surface area contributed by atoms with Crippen LogP contribution in [0.4, 0.5) is 5.69 Å². The zero-order valence-electron chi connectivity index (χ0n) is 11.5. The number of piperidine rings is 1. The third-order valence-electron chi connectivity index (χ3n) is 3.58. The van der Waals surface area contributed by atoms with Crippen molar-refractivity contribution in [2.24, 2.45) is 0 Å². The van der Waals surface area contributed by atoms with Crippen LogP contribution in [-0.4, -0.2) is 26.8 Å². The van der Waals surface area contributed by atoms with Crippen molar-refractivity contribution in [1.82, 2.24) is 5.32 Å². The van der Waals surface area contributed by atoms with Crippen LogP contribution in [0, 0.1) is 0 Å². The number of rotatable bonds is 4. The van der Waals surface area contributed by atoms with Gasteiger partial charge in [0.25, 0.3) is 0 Å². The minimum atomic E-state index is -3.26. The smallest absolute Gasteiger partial charge is 0.235 e. The molecule has 19 heavy (non-hydrogen) atoms. The van der Waals surface area contributed by atoms with Crippen LogP contribution in [0.3, 0.4) is 0 Å². The fourth-order valence-electron chi connectivity index (χ4n) is 2.29. The standard InChI is InChI=1S/C14H22N2O2S/c1-11(2)19(17,18)16-14-5-3-4-13(10-14)12-6-8-15-9-7-12/h3-5,10-12,15-16H,6-9H2,1-2H3. The van der Waals surface area contributed by atoms with Gasteiger partial charge >= 0.3 is 0 Å². The Balaban J connectivity index is 2.15. The highest BCUT2D eigenvalue weighted by atomic mass is 32.2. The Hall–Kier alpha value is -1.07. The first-order valence-corrected chi connectivity index (χ1v) is 8.36. The van der Waals surface area contributed by atoms with E-state index in [2.05, 4.69) is 16.1 Å². The average molecular weight is 282 g/mol. The molecule has 2 N–H and O–H groups in total. The van der Waals surface area contributed by atoms with Crippen molar-refractivity contribution in [1.29, 1.82) is 0 Å². The quantitative estimate of drug-likeness (QED) is 0.891. The van der Waals surface area contributed by atoms with Crippen LogP contribution in [0.1, 0.15) is 38.2 Å². The second kappa shape index (κ2) is 5.92. The molecule has 4 nitrogen and oxygen atoms in total. The first-order chi connectivity index (χ1) is 8.99. The van der Waals surface area contributed by atoms with E-state index in [1.807, 2.05) is 18.2 Å². The minimum absolute atomic E-state index is 0.421. The molecular weight excluding hydrogens is 260 g/mol. The molecule has 0 bridgehead atoms. The molecular formula is C14H22N2O2S. The van der Waals surface area contributed by atoms with Crippen LogP contribution in [0.15, 0.2) is 24.3 Å². The number of sulfonamides is 1. The second-order valence-corrected chi connectivity index (χ2v) is 7.58. The van der Waals surface area contributed by atoms with E-state index in [1.54, 1.807) is 13.8 Å². The van der Waals surface area contributed by atoms with Gasteiger partial charge in [0.1, 0.15) is 0 Å². The van der Waals surface area contributed by atoms with E-state index < -0.39 is 15.3 Å². The molecule has 2 rings (SSSR count). The van der Waals surface area contributed by atoms with E-state index >= 15 is 0 Å². The van der Waals surface area contributed by atoms with Gasteiger partial charge in [-0.3, -0.25) is 4.72 Å². The van der Waals surface area contributed by atoms with Gasteiger partial charge in [0.2, 0.25) is 10.0 Å². The number of hydrogen-bond acceptors (Lipinski definition) is 3. The van der Waals surface area contributed by atoms with Gasteiger partial charge in [0.15, 0.2) is 0 Å². The van der Waals surface area contributed by atoms with Crippen LogP contribution in [-0.2, 0) is 10.0 Å². The summed E-state index contributed by atoms with van der Waals surface area (Å²) in [6, 6.07) is 7.79. The van der Waals surface area contributed by atoms with Crippen molar-refractivity contribution < 1.29 is 8.42 Å². The van der Waals surface area contributed by atoms with Gasteiger partial charge < -0.3 is 5.32 Å². The summed E-state index contributed by atoms with van der Waals surface area (Å²) in [7, 11) is -3.26. The van der Waals surface area contributed by atoms with Gasteiger partial charge in [0.05, 0.1) is 5.25 Å². The molecule has 1 saturated heterocycles. The number of nitrogens with one attached hydrogen (secondary N) is 2. The molecule has 1 heterocycles. The molecule has 5 heteroatoms. The van der Waals surface area contributed by atoms with Crippen LogP contribution in [0.2, 0.25) is 0 Å². The topological polar surface area (TPSA) is 58.2 Å². The molecule has 0 unspecified atom stereocenters. The predicted octanol–water partition coefficient (Wildman–Crippen LogP) is 2.30. The van der Waals surface area contributed by atoms with Crippen LogP contribution >= 0.6 is 0 Å². The van der Waals surface area contributed by atoms with E-state index in [-0.39, 0.29) is 0 Å². The summed E-state index contributed by atoms with van der Waals surface area (Å²) >= 11 is 0. The molecule has 0 spiro atoms. The molecule has 1 aliphatic heterocycles. The van der Waals surface area contributed by atoms with Crippen LogP contribution in [0.25, 0.3) is 0 Å². The molecule has 0 aromatic heterocycles. The van der Waals surface area contributed by atoms with Crippen molar-refractivity contribution in [3.05, 3.63) is 29.8 Å². The van der Waals surface area contributed by atoms with Crippen molar-refractivity contribution in [2.75, 3.05) is 17.8 Å². The third-order valence-corrected chi connectivity index (χ3v) is 5.34. The van der Waals surface area contributed by atoms with Gasteiger partial charge in [0, 0.05) is 5.69 Å². The van der Waals surface area contributed by atoms with Gasteiger partial charge in [-0.25, -0.2) is 8.42 Å². The molecule has 1 aromatic rings. The number of hydrogen-bond donors (Lipinski definition) is 2. The van der Waals surface area contributed by atoms with Crippen molar-refractivity contribution in [3.8, 4) is 0 Å². The summed E-state index contributed by atoms with van der Waals surface area (Å²) in [6.07, 6.45) is 2.22. The van der Waals surface area contributed by atoms with E-state index in [1.165, 1.54) is 5.56 Å². The Labute approximate surface area is 115 Å². The summed E-state index contributed by atoms with van der Waals surface area (Å²) in [5, 5.41) is 2.92. The van der Waals surface area contributed by atoms with E-state index in [0.717, 1.165) is 25.9 Å². The Morgan fingerprint density at radius 1 is 1.26 bits per heavy atom. The van der Waals surface area contributed by atoms with E-state index in [0.29, 0.717) is 11.6 Å². The first-order valence-electron chi connectivity index (χ1n) is 6.81. The number of anilines is 1. The summed E-state index contributed by atoms with van der Waals surface area (Å²) in [5.41, 5.74) is 1.90. The fourth-order valence-corrected chi connectivity index (χ4v) is 2.98. The van der Waals surface area contributed by atoms with Crippen molar-refractivity contribution >= 4 is 15.7 Å². The third kappa shape index (κ3) is 3.70. The molecule has 1 aromatic carbocycles. The maximum absolute atomic E-state index is 11.9. The van der Waals surface area contributed by atoms with E-state index in [9.17, 15) is 8.42 Å². The second-order valence-electron chi connectivity index (χ2n) is 5.35. The fraction of sp³-hybridized carbons (Fsp3) is 0.571. The molecule has 0 aliphatic carbocycles. The lowest BCUT2D eigenvalue weighted by Gasteiger charge is -2.23. The minimum Gasteiger partial charge on any atom is -0.317 e. The van der Waals surface area contributed by atoms with Crippen LogP contribution in [0.5, 0.6) is 0 Å². The van der Waals surface area contributed by atoms with Crippen molar-refractivity contribution in [3.63, 3.8) is 0 Å². The summed E-state index contributed by atoms with van der Waals surface area (Å²) < 4.78 is 26.4. The predicted molar refractivity (Wildman–Crippen MR) is 79.0 cm³/mol. The SMILES string of the molecule is CC(C)S(=O)(=O)Nc1cccc(C2CCNCC2)c1. The molecule has 1 fully saturated rings. The molecule has 0 saturated carbocycles. The first kappa shape index (κ1) is 14.3. The summed E-state index contributed by atoms with van der Waals surface area (Å²) in [6.45, 7) is 5.43. The zero-order valence-corrected chi connectivity index (χ0v) is 12.3. The zero-order chi connectivity index (χ0) is 13.9. The highest BCUT2D eigenvalue weighted by Crippen LogP contribution is 2.27. The van der Waals surface area contributed by atoms with Gasteiger partial charge in [-0.05, 0) is 63.4 Å². The molecule has 106 valence electrons. The Kier molecular flexibility index (Phi) is 4.47.